The summed E-state index contributed by atoms with van der Waals surface area (Å²) in [6.07, 6.45) is 0. The predicted octanol–water partition coefficient (Wildman–Crippen LogP) is 2.84. The summed E-state index contributed by atoms with van der Waals surface area (Å²) in [6.45, 7) is 10.7. The zero-order valence-electron chi connectivity index (χ0n) is 11.5. The zero-order chi connectivity index (χ0) is 12.5. The van der Waals surface area contributed by atoms with Crippen molar-refractivity contribution in [1.82, 2.24) is 14.9 Å². The van der Waals surface area contributed by atoms with Crippen molar-refractivity contribution in [3.05, 3.63) is 22.8 Å². The first kappa shape index (κ1) is 13.1. The van der Waals surface area contributed by atoms with Gasteiger partial charge < -0.3 is 0 Å². The van der Waals surface area contributed by atoms with Gasteiger partial charge in [-0.1, -0.05) is 13.8 Å². The molecule has 0 aliphatic rings. The van der Waals surface area contributed by atoms with Crippen molar-refractivity contribution in [2.45, 2.75) is 46.6 Å². The fourth-order valence-corrected chi connectivity index (χ4v) is 2.00. The molecule has 1 heterocycles. The van der Waals surface area contributed by atoms with E-state index in [0.717, 1.165) is 17.2 Å². The van der Waals surface area contributed by atoms with Crippen LogP contribution in [-0.2, 0) is 0 Å². The predicted molar refractivity (Wildman–Crippen MR) is 67.7 cm³/mol. The molecule has 0 spiro atoms. The van der Waals surface area contributed by atoms with Crippen molar-refractivity contribution >= 4 is 0 Å². The molecule has 0 unspecified atom stereocenters. The number of rotatable bonds is 3. The molecule has 1 aromatic rings. The molecule has 1 atom stereocenters. The van der Waals surface area contributed by atoms with Crippen molar-refractivity contribution in [2.75, 3.05) is 14.1 Å². The minimum absolute atomic E-state index is 0.263. The van der Waals surface area contributed by atoms with E-state index in [1.54, 1.807) is 0 Å². The van der Waals surface area contributed by atoms with Crippen LogP contribution in [0, 0.1) is 13.8 Å². The molecule has 16 heavy (non-hydrogen) atoms. The highest BCUT2D eigenvalue weighted by Gasteiger charge is 2.16. The highest BCUT2D eigenvalue weighted by atomic mass is 15.1. The minimum Gasteiger partial charge on any atom is -0.300 e. The Hall–Kier alpha value is -0.960. The van der Waals surface area contributed by atoms with Gasteiger partial charge in [-0.25, -0.2) is 9.97 Å². The van der Waals surface area contributed by atoms with Gasteiger partial charge in [0.1, 0.15) is 5.82 Å². The van der Waals surface area contributed by atoms with Crippen molar-refractivity contribution in [1.29, 1.82) is 0 Å². The van der Waals surface area contributed by atoms with Gasteiger partial charge >= 0.3 is 0 Å². The first-order valence-electron chi connectivity index (χ1n) is 5.86. The Morgan fingerprint density at radius 1 is 0.938 bits per heavy atom. The number of hydrogen-bond acceptors (Lipinski definition) is 3. The second-order valence-electron chi connectivity index (χ2n) is 4.96. The molecule has 0 N–H and O–H groups in total. The monoisotopic (exact) mass is 221 g/mol. The van der Waals surface area contributed by atoms with Crippen LogP contribution in [0.3, 0.4) is 0 Å². The van der Waals surface area contributed by atoms with Crippen LogP contribution in [0.15, 0.2) is 0 Å². The van der Waals surface area contributed by atoms with Gasteiger partial charge in [0.25, 0.3) is 0 Å². The summed E-state index contributed by atoms with van der Waals surface area (Å²) >= 11 is 0. The summed E-state index contributed by atoms with van der Waals surface area (Å²) in [5, 5.41) is 0. The average Bonchev–Trinajstić information content (AvgIpc) is 2.14. The smallest absolute Gasteiger partial charge is 0.145 e. The molecule has 90 valence electrons. The Morgan fingerprint density at radius 3 is 1.69 bits per heavy atom. The van der Waals surface area contributed by atoms with Gasteiger partial charge in [-0.3, -0.25) is 4.90 Å². The first-order valence-corrected chi connectivity index (χ1v) is 5.86. The van der Waals surface area contributed by atoms with Crippen molar-refractivity contribution in [2.24, 2.45) is 0 Å². The second-order valence-corrected chi connectivity index (χ2v) is 4.96. The third-order valence-corrected chi connectivity index (χ3v) is 3.07. The Kier molecular flexibility index (Phi) is 4.03. The molecule has 0 aromatic carbocycles. The van der Waals surface area contributed by atoms with E-state index in [1.165, 1.54) is 5.56 Å². The second kappa shape index (κ2) is 4.91. The number of nitrogens with zero attached hydrogens (tertiary/aromatic N) is 3. The van der Waals surface area contributed by atoms with Crippen LogP contribution in [0.25, 0.3) is 0 Å². The van der Waals surface area contributed by atoms with Crippen LogP contribution >= 0.6 is 0 Å². The summed E-state index contributed by atoms with van der Waals surface area (Å²) in [5.74, 6) is 1.41. The normalized spacial score (nSPS) is 13.6. The van der Waals surface area contributed by atoms with Gasteiger partial charge in [-0.2, -0.15) is 0 Å². The van der Waals surface area contributed by atoms with Crippen molar-refractivity contribution in [3.63, 3.8) is 0 Å². The Balaban J connectivity index is 3.19. The lowest BCUT2D eigenvalue weighted by Crippen LogP contribution is -2.20. The lowest BCUT2D eigenvalue weighted by Gasteiger charge is -2.21. The molecule has 0 bridgehead atoms. The SMILES string of the molecule is Cc1nc([C@@H](C)N(C)C)nc(C)c1C(C)C. The van der Waals surface area contributed by atoms with Gasteiger partial charge in [0.2, 0.25) is 0 Å². The number of aryl methyl sites for hydroxylation is 2. The molecule has 3 nitrogen and oxygen atoms in total. The number of aromatic nitrogens is 2. The standard InChI is InChI=1S/C13H23N3/c1-8(2)12-9(3)14-13(15-10(12)4)11(5)16(6)7/h8,11H,1-7H3/t11-/m1/s1. The van der Waals surface area contributed by atoms with Crippen LogP contribution in [-0.4, -0.2) is 29.0 Å². The maximum atomic E-state index is 4.62. The molecule has 0 fully saturated rings. The molecule has 3 heteroatoms. The topological polar surface area (TPSA) is 29.0 Å². The highest BCUT2D eigenvalue weighted by Crippen LogP contribution is 2.23. The van der Waals surface area contributed by atoms with E-state index in [0.29, 0.717) is 5.92 Å². The summed E-state index contributed by atoms with van der Waals surface area (Å²) in [5.41, 5.74) is 3.52. The van der Waals surface area contributed by atoms with Gasteiger partial charge in [0.15, 0.2) is 0 Å². The molecular weight excluding hydrogens is 198 g/mol. The summed E-state index contributed by atoms with van der Waals surface area (Å²) < 4.78 is 0. The van der Waals surface area contributed by atoms with Crippen LogP contribution in [0.1, 0.15) is 55.5 Å². The van der Waals surface area contributed by atoms with Gasteiger partial charge in [0, 0.05) is 11.4 Å². The van der Waals surface area contributed by atoms with E-state index in [9.17, 15) is 0 Å². The largest absolute Gasteiger partial charge is 0.300 e. The third-order valence-electron chi connectivity index (χ3n) is 3.07. The first-order chi connectivity index (χ1) is 7.34. The van der Waals surface area contributed by atoms with Gasteiger partial charge in [0.05, 0.1) is 6.04 Å². The van der Waals surface area contributed by atoms with Crippen molar-refractivity contribution in [3.8, 4) is 0 Å². The lowest BCUT2D eigenvalue weighted by atomic mass is 10.00. The average molecular weight is 221 g/mol. The van der Waals surface area contributed by atoms with Gasteiger partial charge in [-0.15, -0.1) is 0 Å². The van der Waals surface area contributed by atoms with E-state index in [1.807, 2.05) is 0 Å². The fourth-order valence-electron chi connectivity index (χ4n) is 2.00. The van der Waals surface area contributed by atoms with E-state index < -0.39 is 0 Å². The maximum Gasteiger partial charge on any atom is 0.145 e. The molecule has 0 aliphatic carbocycles. The molecule has 1 aromatic heterocycles. The minimum atomic E-state index is 0.263. The van der Waals surface area contributed by atoms with E-state index >= 15 is 0 Å². The van der Waals surface area contributed by atoms with E-state index in [2.05, 4.69) is 63.6 Å². The van der Waals surface area contributed by atoms with Crippen LogP contribution in [0.5, 0.6) is 0 Å². The van der Waals surface area contributed by atoms with Crippen LogP contribution in [0.4, 0.5) is 0 Å². The summed E-state index contributed by atoms with van der Waals surface area (Å²) in [6, 6.07) is 0.263. The van der Waals surface area contributed by atoms with Crippen molar-refractivity contribution < 1.29 is 0 Å². The Bertz CT molecular complexity index is 346. The van der Waals surface area contributed by atoms with E-state index in [-0.39, 0.29) is 6.04 Å². The highest BCUT2D eigenvalue weighted by molar-refractivity contribution is 5.27. The zero-order valence-corrected chi connectivity index (χ0v) is 11.5. The summed E-state index contributed by atoms with van der Waals surface area (Å²) in [4.78, 5) is 11.4. The maximum absolute atomic E-state index is 4.62. The Labute approximate surface area is 98.9 Å². The van der Waals surface area contributed by atoms with Gasteiger partial charge in [-0.05, 0) is 46.3 Å². The number of hydrogen-bond donors (Lipinski definition) is 0. The van der Waals surface area contributed by atoms with E-state index in [4.69, 9.17) is 0 Å². The quantitative estimate of drug-likeness (QED) is 0.786. The molecule has 0 radical (unpaired) electrons. The lowest BCUT2D eigenvalue weighted by molar-refractivity contribution is 0.307. The van der Waals surface area contributed by atoms with Crippen LogP contribution in [0.2, 0.25) is 0 Å². The Morgan fingerprint density at radius 2 is 1.38 bits per heavy atom. The molecule has 0 saturated carbocycles. The third kappa shape index (κ3) is 2.59. The molecular formula is C13H23N3. The molecule has 1 rings (SSSR count). The molecule has 0 aliphatic heterocycles. The summed E-state index contributed by atoms with van der Waals surface area (Å²) in [7, 11) is 4.10. The molecule has 0 amide bonds. The van der Waals surface area contributed by atoms with Crippen LogP contribution < -0.4 is 0 Å². The molecule has 0 saturated heterocycles. The fraction of sp³-hybridized carbons (Fsp3) is 0.692.